The highest BCUT2D eigenvalue weighted by molar-refractivity contribution is 6.33. The van der Waals surface area contributed by atoms with Gasteiger partial charge >= 0.3 is 5.97 Å². The normalized spacial score (nSPS) is 10.9. The Morgan fingerprint density at radius 1 is 1.31 bits per heavy atom. The van der Waals surface area contributed by atoms with Crippen LogP contribution in [0.1, 0.15) is 16.1 Å². The number of methoxy groups -OCH3 is 2. The molecule has 3 aromatic rings. The SMILES string of the molecule is COCc1[nH]c(=O)c2cc(Cl)c(-c3ccccc3F)nc2c1C(=O)OC. The summed E-state index contributed by atoms with van der Waals surface area (Å²) in [4.78, 5) is 31.6. The third kappa shape index (κ3) is 3.07. The quantitative estimate of drug-likeness (QED) is 0.706. The number of nitrogens with one attached hydrogen (secondary N) is 1. The predicted molar refractivity (Wildman–Crippen MR) is 94.8 cm³/mol. The van der Waals surface area contributed by atoms with Gasteiger partial charge in [-0.3, -0.25) is 4.79 Å². The Bertz CT molecular complexity index is 1060. The van der Waals surface area contributed by atoms with Crippen molar-refractivity contribution in [2.45, 2.75) is 6.61 Å². The number of rotatable bonds is 4. The smallest absolute Gasteiger partial charge is 0.341 e. The number of aromatic amines is 1. The maximum Gasteiger partial charge on any atom is 0.341 e. The van der Waals surface area contributed by atoms with E-state index in [1.54, 1.807) is 6.07 Å². The van der Waals surface area contributed by atoms with Gasteiger partial charge in [0.1, 0.15) is 11.4 Å². The van der Waals surface area contributed by atoms with Crippen LogP contribution < -0.4 is 5.56 Å². The average molecular weight is 377 g/mol. The predicted octanol–water partition coefficient (Wildman–Crippen LogP) is 3.32. The molecule has 0 aliphatic heterocycles. The molecule has 3 rings (SSSR count). The van der Waals surface area contributed by atoms with Gasteiger partial charge in [0, 0.05) is 12.7 Å². The molecule has 26 heavy (non-hydrogen) atoms. The van der Waals surface area contributed by atoms with E-state index in [4.69, 9.17) is 21.1 Å². The Balaban J connectivity index is 2.42. The lowest BCUT2D eigenvalue weighted by Gasteiger charge is -2.12. The fourth-order valence-corrected chi connectivity index (χ4v) is 2.93. The van der Waals surface area contributed by atoms with E-state index in [0.717, 1.165) is 0 Å². The van der Waals surface area contributed by atoms with Crippen LogP contribution in [0.25, 0.3) is 22.2 Å². The molecular weight excluding hydrogens is 363 g/mol. The third-order valence-corrected chi connectivity index (χ3v) is 4.12. The fourth-order valence-electron chi connectivity index (χ4n) is 2.68. The van der Waals surface area contributed by atoms with Gasteiger partial charge in [-0.1, -0.05) is 23.7 Å². The minimum atomic E-state index is -0.701. The highest BCUT2D eigenvalue weighted by Gasteiger charge is 2.22. The minimum absolute atomic E-state index is 0.0328. The molecule has 134 valence electrons. The van der Waals surface area contributed by atoms with Crippen LogP contribution in [0, 0.1) is 5.82 Å². The van der Waals surface area contributed by atoms with Crippen molar-refractivity contribution in [3.05, 3.63) is 62.8 Å². The van der Waals surface area contributed by atoms with Crippen molar-refractivity contribution >= 4 is 28.5 Å². The second kappa shape index (κ2) is 7.23. The first-order chi connectivity index (χ1) is 12.5. The van der Waals surface area contributed by atoms with Crippen LogP contribution >= 0.6 is 11.6 Å². The van der Waals surface area contributed by atoms with Crippen LogP contribution in [-0.4, -0.2) is 30.2 Å². The monoisotopic (exact) mass is 376 g/mol. The number of ether oxygens (including phenoxy) is 2. The van der Waals surface area contributed by atoms with Crippen LogP contribution in [0.3, 0.4) is 0 Å². The van der Waals surface area contributed by atoms with Crippen molar-refractivity contribution in [2.24, 2.45) is 0 Å². The van der Waals surface area contributed by atoms with Gasteiger partial charge in [0.15, 0.2) is 0 Å². The van der Waals surface area contributed by atoms with Gasteiger partial charge in [0.05, 0.1) is 41.0 Å². The first kappa shape index (κ1) is 18.0. The minimum Gasteiger partial charge on any atom is -0.465 e. The van der Waals surface area contributed by atoms with Crippen molar-refractivity contribution < 1.29 is 18.7 Å². The van der Waals surface area contributed by atoms with Gasteiger partial charge in [-0.05, 0) is 18.2 Å². The largest absolute Gasteiger partial charge is 0.465 e. The molecule has 2 aromatic heterocycles. The Morgan fingerprint density at radius 3 is 2.69 bits per heavy atom. The number of benzene rings is 1. The first-order valence-corrected chi connectivity index (χ1v) is 7.93. The number of halogens is 2. The second-order valence-corrected chi connectivity index (χ2v) is 5.83. The zero-order valence-corrected chi connectivity index (χ0v) is 14.7. The van der Waals surface area contributed by atoms with Crippen molar-refractivity contribution in [3.8, 4) is 11.3 Å². The van der Waals surface area contributed by atoms with Gasteiger partial charge < -0.3 is 14.5 Å². The molecule has 1 N–H and O–H groups in total. The van der Waals surface area contributed by atoms with Crippen LogP contribution in [-0.2, 0) is 16.1 Å². The number of H-pyrrole nitrogens is 1. The lowest BCUT2D eigenvalue weighted by atomic mass is 10.1. The zero-order chi connectivity index (χ0) is 18.8. The highest BCUT2D eigenvalue weighted by Crippen LogP contribution is 2.31. The van der Waals surface area contributed by atoms with Crippen LogP contribution in [0.15, 0.2) is 35.1 Å². The van der Waals surface area contributed by atoms with Gasteiger partial charge in [-0.25, -0.2) is 14.2 Å². The molecule has 0 fully saturated rings. The van der Waals surface area contributed by atoms with Crippen LogP contribution in [0.5, 0.6) is 0 Å². The molecule has 2 heterocycles. The standard InChI is InChI=1S/C18H14ClFN2O4/c1-25-8-13-14(18(24)26-2)16-10(17(23)21-13)7-11(19)15(22-16)9-5-3-4-6-12(9)20/h3-7H,8H2,1-2H3,(H,21,23). The first-order valence-electron chi connectivity index (χ1n) is 7.55. The molecule has 1 aromatic carbocycles. The molecule has 0 atom stereocenters. The van der Waals surface area contributed by atoms with Gasteiger partial charge in [0.2, 0.25) is 0 Å². The number of carbonyl (C=O) groups excluding carboxylic acids is 1. The van der Waals surface area contributed by atoms with Gasteiger partial charge in [-0.15, -0.1) is 0 Å². The molecule has 0 aliphatic carbocycles. The summed E-state index contributed by atoms with van der Waals surface area (Å²) >= 11 is 6.23. The van der Waals surface area contributed by atoms with E-state index in [1.807, 2.05) is 0 Å². The number of esters is 1. The molecule has 0 bridgehead atoms. The Hall–Kier alpha value is -2.77. The zero-order valence-electron chi connectivity index (χ0n) is 13.9. The number of hydrogen-bond donors (Lipinski definition) is 1. The third-order valence-electron chi connectivity index (χ3n) is 3.83. The van der Waals surface area contributed by atoms with Gasteiger partial charge in [0.25, 0.3) is 5.56 Å². The molecule has 0 radical (unpaired) electrons. The van der Waals surface area contributed by atoms with E-state index in [1.165, 1.54) is 38.5 Å². The molecular formula is C18H14ClFN2O4. The van der Waals surface area contributed by atoms with Crippen molar-refractivity contribution in [3.63, 3.8) is 0 Å². The average Bonchev–Trinajstić information content (AvgIpc) is 2.62. The van der Waals surface area contributed by atoms with Gasteiger partial charge in [-0.2, -0.15) is 0 Å². The molecule has 0 amide bonds. The van der Waals surface area contributed by atoms with Crippen molar-refractivity contribution in [1.29, 1.82) is 0 Å². The molecule has 0 unspecified atom stereocenters. The molecule has 0 spiro atoms. The number of pyridine rings is 2. The summed E-state index contributed by atoms with van der Waals surface area (Å²) < 4.78 is 24.0. The maximum atomic E-state index is 14.2. The summed E-state index contributed by atoms with van der Waals surface area (Å²) in [6.45, 7) is -0.0328. The van der Waals surface area contributed by atoms with E-state index in [2.05, 4.69) is 9.97 Å². The van der Waals surface area contributed by atoms with E-state index in [0.29, 0.717) is 0 Å². The summed E-state index contributed by atoms with van der Waals surface area (Å²) in [5, 5.41) is 0.179. The lowest BCUT2D eigenvalue weighted by Crippen LogP contribution is -2.18. The number of fused-ring (bicyclic) bond motifs is 1. The van der Waals surface area contributed by atoms with E-state index < -0.39 is 17.3 Å². The summed E-state index contributed by atoms with van der Waals surface area (Å²) in [5.74, 6) is -1.23. The summed E-state index contributed by atoms with van der Waals surface area (Å²) in [5.41, 5.74) is 0.106. The molecule has 0 saturated carbocycles. The van der Waals surface area contributed by atoms with E-state index in [-0.39, 0.29) is 45.0 Å². The molecule has 0 aliphatic rings. The van der Waals surface area contributed by atoms with Crippen molar-refractivity contribution in [1.82, 2.24) is 9.97 Å². The number of aromatic nitrogens is 2. The van der Waals surface area contributed by atoms with E-state index >= 15 is 0 Å². The fraction of sp³-hybridized carbons (Fsp3) is 0.167. The second-order valence-electron chi connectivity index (χ2n) is 5.43. The number of carbonyl (C=O) groups is 1. The Kier molecular flexibility index (Phi) is 5.01. The maximum absolute atomic E-state index is 14.2. The summed E-state index contributed by atoms with van der Waals surface area (Å²) in [6, 6.07) is 7.31. The van der Waals surface area contributed by atoms with Crippen LogP contribution in [0.2, 0.25) is 5.02 Å². The van der Waals surface area contributed by atoms with Crippen molar-refractivity contribution in [2.75, 3.05) is 14.2 Å². The van der Waals surface area contributed by atoms with Crippen LogP contribution in [0.4, 0.5) is 4.39 Å². The van der Waals surface area contributed by atoms with E-state index in [9.17, 15) is 14.0 Å². The summed E-state index contributed by atoms with van der Waals surface area (Å²) in [6.07, 6.45) is 0. The number of nitrogens with zero attached hydrogens (tertiary/aromatic N) is 1. The number of hydrogen-bond acceptors (Lipinski definition) is 5. The highest BCUT2D eigenvalue weighted by atomic mass is 35.5. The molecule has 8 heteroatoms. The Morgan fingerprint density at radius 2 is 2.04 bits per heavy atom. The lowest BCUT2D eigenvalue weighted by molar-refractivity contribution is 0.0597. The molecule has 0 saturated heterocycles. The molecule has 6 nitrogen and oxygen atoms in total. The summed E-state index contributed by atoms with van der Waals surface area (Å²) in [7, 11) is 2.63. The topological polar surface area (TPSA) is 81.3 Å². The Labute approximate surface area is 152 Å².